The molecule has 0 radical (unpaired) electrons. The number of anilines is 1. The molecule has 0 unspecified atom stereocenters. The van der Waals surface area contributed by atoms with Gasteiger partial charge in [-0.15, -0.1) is 0 Å². The first-order valence-electron chi connectivity index (χ1n) is 3.81. The molecule has 0 aliphatic heterocycles. The first-order valence-corrected chi connectivity index (χ1v) is 6.41. The summed E-state index contributed by atoms with van der Waals surface area (Å²) in [6, 6.07) is 1.74. The van der Waals surface area contributed by atoms with Crippen LogP contribution in [0.4, 0.5) is 5.69 Å². The maximum Gasteiger partial charge on any atom is 0.234 e. The minimum Gasteiger partial charge on any atom is -0.319 e. The Morgan fingerprint density at radius 1 is 1.54 bits per heavy atom. The molecule has 2 N–H and O–H groups in total. The largest absolute Gasteiger partial charge is 0.319 e. The molecule has 0 bridgehead atoms. The van der Waals surface area contributed by atoms with Gasteiger partial charge in [-0.05, 0) is 18.5 Å². The summed E-state index contributed by atoms with van der Waals surface area (Å²) in [5.74, 6) is 0.0966. The van der Waals surface area contributed by atoms with E-state index in [0.29, 0.717) is 12.2 Å². The minimum absolute atomic E-state index is 0.0966. The second-order valence-electron chi connectivity index (χ2n) is 2.54. The highest BCUT2D eigenvalue weighted by Crippen LogP contribution is 2.13. The van der Waals surface area contributed by atoms with Gasteiger partial charge in [0.15, 0.2) is 0 Å². The highest BCUT2D eigenvalue weighted by molar-refractivity contribution is 7.92. The molecule has 1 heterocycles. The molecule has 0 amide bonds. The van der Waals surface area contributed by atoms with Crippen LogP contribution in [-0.4, -0.2) is 27.8 Å². The second kappa shape index (κ2) is 4.59. The van der Waals surface area contributed by atoms with E-state index in [1.54, 1.807) is 18.5 Å². The first kappa shape index (κ1) is 10.5. The lowest BCUT2D eigenvalue weighted by atomic mass is 10.6. The van der Waals surface area contributed by atoms with E-state index in [-0.39, 0.29) is 5.75 Å². The van der Waals surface area contributed by atoms with Crippen LogP contribution in [0.15, 0.2) is 16.8 Å². The Labute approximate surface area is 82.0 Å². The molecular formula is C7H12N2O2S2. The third-order valence-electron chi connectivity index (χ3n) is 1.42. The monoisotopic (exact) mass is 220 g/mol. The Hall–Kier alpha value is -0.590. The van der Waals surface area contributed by atoms with E-state index in [0.717, 1.165) is 0 Å². The zero-order valence-corrected chi connectivity index (χ0v) is 8.91. The molecule has 0 aliphatic rings. The normalized spacial score (nSPS) is 11.5. The fraction of sp³-hybridized carbons (Fsp3) is 0.429. The lowest BCUT2D eigenvalue weighted by Gasteiger charge is -2.04. The van der Waals surface area contributed by atoms with Gasteiger partial charge in [0.05, 0.1) is 11.4 Å². The van der Waals surface area contributed by atoms with Crippen molar-refractivity contribution in [1.29, 1.82) is 0 Å². The Morgan fingerprint density at radius 2 is 2.31 bits per heavy atom. The van der Waals surface area contributed by atoms with Crippen LogP contribution in [-0.2, 0) is 10.0 Å². The number of hydrogen-bond acceptors (Lipinski definition) is 4. The molecule has 13 heavy (non-hydrogen) atoms. The van der Waals surface area contributed by atoms with E-state index >= 15 is 0 Å². The lowest BCUT2D eigenvalue weighted by molar-refractivity contribution is 0.599. The fourth-order valence-electron chi connectivity index (χ4n) is 0.790. The van der Waals surface area contributed by atoms with Gasteiger partial charge < -0.3 is 5.32 Å². The van der Waals surface area contributed by atoms with Gasteiger partial charge in [-0.25, -0.2) is 8.42 Å². The standard InChI is InChI=1S/C7H12N2O2S2/c1-8-3-5-13(10,11)9-7-2-4-12-6-7/h2,4,6,8-9H,3,5H2,1H3. The van der Waals surface area contributed by atoms with Gasteiger partial charge in [0.2, 0.25) is 10.0 Å². The van der Waals surface area contributed by atoms with Crippen LogP contribution >= 0.6 is 11.3 Å². The number of sulfonamides is 1. The summed E-state index contributed by atoms with van der Waals surface area (Å²) in [5, 5.41) is 6.38. The van der Waals surface area contributed by atoms with Crippen molar-refractivity contribution in [3.05, 3.63) is 16.8 Å². The van der Waals surface area contributed by atoms with Gasteiger partial charge in [-0.2, -0.15) is 11.3 Å². The van der Waals surface area contributed by atoms with Crippen molar-refractivity contribution < 1.29 is 8.42 Å². The zero-order chi connectivity index (χ0) is 9.73. The van der Waals surface area contributed by atoms with Crippen molar-refractivity contribution in [2.24, 2.45) is 0 Å². The smallest absolute Gasteiger partial charge is 0.234 e. The van der Waals surface area contributed by atoms with E-state index in [4.69, 9.17) is 0 Å². The molecule has 1 aromatic rings. The van der Waals surface area contributed by atoms with Crippen LogP contribution in [0.5, 0.6) is 0 Å². The van der Waals surface area contributed by atoms with E-state index in [2.05, 4.69) is 10.0 Å². The molecule has 4 nitrogen and oxygen atoms in total. The average molecular weight is 220 g/mol. The molecule has 74 valence electrons. The van der Waals surface area contributed by atoms with Crippen molar-refractivity contribution >= 4 is 27.0 Å². The average Bonchev–Trinajstić information content (AvgIpc) is 2.52. The Balaban J connectivity index is 2.53. The van der Waals surface area contributed by atoms with Crippen LogP contribution in [0, 0.1) is 0 Å². The van der Waals surface area contributed by atoms with E-state index in [1.165, 1.54) is 11.3 Å². The van der Waals surface area contributed by atoms with Gasteiger partial charge in [0.25, 0.3) is 0 Å². The molecule has 0 aliphatic carbocycles. The minimum atomic E-state index is -3.17. The Kier molecular flexibility index (Phi) is 3.71. The molecule has 0 atom stereocenters. The van der Waals surface area contributed by atoms with Gasteiger partial charge >= 0.3 is 0 Å². The Morgan fingerprint density at radius 3 is 2.85 bits per heavy atom. The molecule has 1 rings (SSSR count). The summed E-state index contributed by atoms with van der Waals surface area (Å²) in [7, 11) is -1.45. The summed E-state index contributed by atoms with van der Waals surface area (Å²) in [6.07, 6.45) is 0. The van der Waals surface area contributed by atoms with Gasteiger partial charge in [0.1, 0.15) is 0 Å². The molecule has 0 saturated heterocycles. The first-order chi connectivity index (χ1) is 6.14. The highest BCUT2D eigenvalue weighted by atomic mass is 32.2. The van der Waals surface area contributed by atoms with Crippen molar-refractivity contribution in [1.82, 2.24) is 5.32 Å². The predicted octanol–water partition coefficient (Wildman–Crippen LogP) is 0.709. The quantitative estimate of drug-likeness (QED) is 0.768. The molecule has 0 spiro atoms. The van der Waals surface area contributed by atoms with Gasteiger partial charge in [-0.1, -0.05) is 0 Å². The lowest BCUT2D eigenvalue weighted by Crippen LogP contribution is -2.24. The molecule has 0 saturated carbocycles. The van der Waals surface area contributed by atoms with Gasteiger partial charge in [0, 0.05) is 11.9 Å². The third-order valence-corrected chi connectivity index (χ3v) is 3.39. The summed E-state index contributed by atoms with van der Waals surface area (Å²) in [6.45, 7) is 0.458. The van der Waals surface area contributed by atoms with Crippen LogP contribution in [0.2, 0.25) is 0 Å². The number of thiophene rings is 1. The maximum atomic E-state index is 11.3. The summed E-state index contributed by atoms with van der Waals surface area (Å²) in [5.41, 5.74) is 0.640. The van der Waals surface area contributed by atoms with Crippen molar-refractivity contribution in [3.8, 4) is 0 Å². The van der Waals surface area contributed by atoms with Crippen molar-refractivity contribution in [2.75, 3.05) is 24.1 Å². The van der Waals surface area contributed by atoms with Crippen molar-refractivity contribution in [2.45, 2.75) is 0 Å². The molecule has 1 aromatic heterocycles. The predicted molar refractivity (Wildman–Crippen MR) is 55.7 cm³/mol. The van der Waals surface area contributed by atoms with Crippen LogP contribution in [0.3, 0.4) is 0 Å². The highest BCUT2D eigenvalue weighted by Gasteiger charge is 2.08. The van der Waals surface area contributed by atoms with Crippen LogP contribution < -0.4 is 10.0 Å². The fourth-order valence-corrected chi connectivity index (χ4v) is 2.51. The summed E-state index contributed by atoms with van der Waals surface area (Å²) in [4.78, 5) is 0. The maximum absolute atomic E-state index is 11.3. The number of nitrogens with one attached hydrogen (secondary N) is 2. The van der Waals surface area contributed by atoms with Gasteiger partial charge in [-0.3, -0.25) is 4.72 Å². The topological polar surface area (TPSA) is 58.2 Å². The van der Waals surface area contributed by atoms with E-state index < -0.39 is 10.0 Å². The third kappa shape index (κ3) is 3.75. The van der Waals surface area contributed by atoms with E-state index in [1.807, 2.05) is 5.38 Å². The Bertz CT molecular complexity index is 331. The van der Waals surface area contributed by atoms with Crippen LogP contribution in [0.1, 0.15) is 0 Å². The SMILES string of the molecule is CNCCS(=O)(=O)Nc1ccsc1. The molecule has 0 fully saturated rings. The second-order valence-corrected chi connectivity index (χ2v) is 5.16. The van der Waals surface area contributed by atoms with Crippen molar-refractivity contribution in [3.63, 3.8) is 0 Å². The zero-order valence-electron chi connectivity index (χ0n) is 7.28. The number of rotatable bonds is 5. The summed E-state index contributed by atoms with van der Waals surface area (Å²) < 4.78 is 25.1. The molecule has 0 aromatic carbocycles. The molecular weight excluding hydrogens is 208 g/mol. The van der Waals surface area contributed by atoms with Crippen LogP contribution in [0.25, 0.3) is 0 Å². The molecule has 6 heteroatoms. The van der Waals surface area contributed by atoms with E-state index in [9.17, 15) is 8.42 Å². The summed E-state index contributed by atoms with van der Waals surface area (Å²) >= 11 is 1.46. The number of hydrogen-bond donors (Lipinski definition) is 2.